The minimum absolute atomic E-state index is 0. The molecule has 0 atom stereocenters. The molecule has 0 aromatic heterocycles. The van der Waals surface area contributed by atoms with Crippen LogP contribution in [0.25, 0.3) is 0 Å². The fourth-order valence-electron chi connectivity index (χ4n) is 1.42. The number of benzene rings is 1. The van der Waals surface area contributed by atoms with Crippen LogP contribution in [0, 0.1) is 0 Å². The van der Waals surface area contributed by atoms with Crippen LogP contribution < -0.4 is 11.1 Å². The summed E-state index contributed by atoms with van der Waals surface area (Å²) in [6.07, 6.45) is 0.766. The molecule has 108 valence electrons. The number of para-hydroxylation sites is 1. The lowest BCUT2D eigenvalue weighted by molar-refractivity contribution is 0.0688. The van der Waals surface area contributed by atoms with Gasteiger partial charge in [-0.05, 0) is 18.6 Å². The number of ether oxygens (including phenoxy) is 2. The first-order chi connectivity index (χ1) is 8.75. The van der Waals surface area contributed by atoms with Gasteiger partial charge < -0.3 is 20.5 Å². The maximum absolute atomic E-state index is 11.7. The molecule has 0 heterocycles. The van der Waals surface area contributed by atoms with Crippen LogP contribution in [0.1, 0.15) is 16.8 Å². The first-order valence-corrected chi connectivity index (χ1v) is 5.95. The van der Waals surface area contributed by atoms with Gasteiger partial charge in [0.1, 0.15) is 0 Å². The SMILES string of the molecule is COCCOCCCNC(=O)c1ccccc1N.Cl. The fraction of sp³-hybridized carbons (Fsp3) is 0.462. The summed E-state index contributed by atoms with van der Waals surface area (Å²) >= 11 is 0. The lowest BCUT2D eigenvalue weighted by Crippen LogP contribution is -2.26. The van der Waals surface area contributed by atoms with Crippen molar-refractivity contribution in [1.29, 1.82) is 0 Å². The first-order valence-electron chi connectivity index (χ1n) is 5.95. The van der Waals surface area contributed by atoms with Crippen LogP contribution in [0.15, 0.2) is 24.3 Å². The van der Waals surface area contributed by atoms with Crippen LogP contribution in [0.2, 0.25) is 0 Å². The molecular formula is C13H21ClN2O3. The number of halogens is 1. The summed E-state index contributed by atoms with van der Waals surface area (Å²) in [6.45, 7) is 2.34. The fourth-order valence-corrected chi connectivity index (χ4v) is 1.42. The van der Waals surface area contributed by atoms with Gasteiger partial charge in [0.15, 0.2) is 0 Å². The van der Waals surface area contributed by atoms with Crippen molar-refractivity contribution in [3.8, 4) is 0 Å². The predicted octanol–water partition coefficient (Wildman–Crippen LogP) is 1.47. The summed E-state index contributed by atoms with van der Waals surface area (Å²) in [7, 11) is 1.63. The summed E-state index contributed by atoms with van der Waals surface area (Å²) < 4.78 is 10.1. The van der Waals surface area contributed by atoms with Gasteiger partial charge in [-0.2, -0.15) is 0 Å². The number of methoxy groups -OCH3 is 1. The number of nitrogens with one attached hydrogen (secondary N) is 1. The second-order valence-corrected chi connectivity index (χ2v) is 3.80. The van der Waals surface area contributed by atoms with Gasteiger partial charge in [-0.25, -0.2) is 0 Å². The van der Waals surface area contributed by atoms with E-state index in [2.05, 4.69) is 5.32 Å². The monoisotopic (exact) mass is 288 g/mol. The van der Waals surface area contributed by atoms with E-state index in [0.29, 0.717) is 37.6 Å². The van der Waals surface area contributed by atoms with E-state index >= 15 is 0 Å². The molecule has 6 heteroatoms. The number of carbonyl (C=O) groups excluding carboxylic acids is 1. The summed E-state index contributed by atoms with van der Waals surface area (Å²) in [5.74, 6) is -0.148. The Labute approximate surface area is 119 Å². The van der Waals surface area contributed by atoms with E-state index in [1.54, 1.807) is 31.4 Å². The zero-order valence-electron chi connectivity index (χ0n) is 11.1. The average Bonchev–Trinajstić information content (AvgIpc) is 2.38. The Bertz CT molecular complexity index is 375. The molecule has 5 nitrogen and oxygen atoms in total. The Hall–Kier alpha value is -1.30. The van der Waals surface area contributed by atoms with E-state index in [-0.39, 0.29) is 18.3 Å². The molecule has 0 bridgehead atoms. The van der Waals surface area contributed by atoms with Crippen LogP contribution in [-0.2, 0) is 9.47 Å². The quantitative estimate of drug-likeness (QED) is 0.561. The number of anilines is 1. The Morgan fingerprint density at radius 2 is 2.00 bits per heavy atom. The Balaban J connectivity index is 0.00000324. The van der Waals surface area contributed by atoms with Crippen LogP contribution >= 0.6 is 12.4 Å². The van der Waals surface area contributed by atoms with Gasteiger partial charge in [0.25, 0.3) is 5.91 Å². The molecule has 0 saturated heterocycles. The highest BCUT2D eigenvalue weighted by Gasteiger charge is 2.07. The maximum atomic E-state index is 11.7. The number of nitrogen functional groups attached to an aromatic ring is 1. The Kier molecular flexibility index (Phi) is 9.88. The number of hydrogen-bond donors (Lipinski definition) is 2. The zero-order valence-corrected chi connectivity index (χ0v) is 11.9. The summed E-state index contributed by atoms with van der Waals surface area (Å²) in [5, 5.41) is 2.80. The zero-order chi connectivity index (χ0) is 13.2. The molecule has 0 saturated carbocycles. The molecule has 0 fully saturated rings. The molecule has 19 heavy (non-hydrogen) atoms. The number of rotatable bonds is 8. The lowest BCUT2D eigenvalue weighted by Gasteiger charge is -2.07. The molecule has 3 N–H and O–H groups in total. The summed E-state index contributed by atoms with van der Waals surface area (Å²) in [5.41, 5.74) is 6.71. The van der Waals surface area contributed by atoms with E-state index < -0.39 is 0 Å². The molecule has 1 aromatic carbocycles. The largest absolute Gasteiger partial charge is 0.398 e. The van der Waals surface area contributed by atoms with Crippen LogP contribution in [0.5, 0.6) is 0 Å². The Morgan fingerprint density at radius 1 is 1.26 bits per heavy atom. The number of carbonyl (C=O) groups is 1. The van der Waals surface area contributed by atoms with E-state index in [1.807, 2.05) is 0 Å². The summed E-state index contributed by atoms with van der Waals surface area (Å²) in [4.78, 5) is 11.7. The van der Waals surface area contributed by atoms with Gasteiger partial charge in [-0.3, -0.25) is 4.79 Å². The van der Waals surface area contributed by atoms with Crippen molar-refractivity contribution >= 4 is 24.0 Å². The third kappa shape index (κ3) is 7.00. The van der Waals surface area contributed by atoms with Crippen LogP contribution in [0.3, 0.4) is 0 Å². The molecule has 0 aliphatic carbocycles. The molecule has 1 aromatic rings. The van der Waals surface area contributed by atoms with Crippen molar-refractivity contribution in [2.45, 2.75) is 6.42 Å². The smallest absolute Gasteiger partial charge is 0.253 e. The van der Waals surface area contributed by atoms with Crippen molar-refractivity contribution in [2.24, 2.45) is 0 Å². The highest BCUT2D eigenvalue weighted by Crippen LogP contribution is 2.09. The van der Waals surface area contributed by atoms with E-state index in [4.69, 9.17) is 15.2 Å². The normalized spacial score (nSPS) is 9.74. The van der Waals surface area contributed by atoms with Gasteiger partial charge in [0, 0.05) is 25.9 Å². The lowest BCUT2D eigenvalue weighted by atomic mass is 10.1. The predicted molar refractivity (Wildman–Crippen MR) is 77.7 cm³/mol. The van der Waals surface area contributed by atoms with Gasteiger partial charge in [-0.1, -0.05) is 12.1 Å². The van der Waals surface area contributed by atoms with Gasteiger partial charge >= 0.3 is 0 Å². The van der Waals surface area contributed by atoms with E-state index in [0.717, 1.165) is 6.42 Å². The highest BCUT2D eigenvalue weighted by atomic mass is 35.5. The van der Waals surface area contributed by atoms with Crippen molar-refractivity contribution in [2.75, 3.05) is 39.2 Å². The minimum Gasteiger partial charge on any atom is -0.398 e. The van der Waals surface area contributed by atoms with Crippen molar-refractivity contribution in [1.82, 2.24) is 5.32 Å². The minimum atomic E-state index is -0.148. The van der Waals surface area contributed by atoms with Crippen molar-refractivity contribution < 1.29 is 14.3 Å². The van der Waals surface area contributed by atoms with Gasteiger partial charge in [0.2, 0.25) is 0 Å². The van der Waals surface area contributed by atoms with Crippen molar-refractivity contribution in [3.05, 3.63) is 29.8 Å². The van der Waals surface area contributed by atoms with E-state index in [1.165, 1.54) is 0 Å². The molecule has 1 rings (SSSR count). The second-order valence-electron chi connectivity index (χ2n) is 3.80. The van der Waals surface area contributed by atoms with Crippen molar-refractivity contribution in [3.63, 3.8) is 0 Å². The molecule has 1 amide bonds. The third-order valence-corrected chi connectivity index (χ3v) is 2.39. The topological polar surface area (TPSA) is 73.6 Å². The number of amides is 1. The molecule has 0 spiro atoms. The molecule has 0 aliphatic rings. The second kappa shape index (κ2) is 10.6. The molecular weight excluding hydrogens is 268 g/mol. The van der Waals surface area contributed by atoms with Gasteiger partial charge in [0.05, 0.1) is 18.8 Å². The number of nitrogens with two attached hydrogens (primary N) is 1. The highest BCUT2D eigenvalue weighted by molar-refractivity contribution is 5.98. The Morgan fingerprint density at radius 3 is 2.68 bits per heavy atom. The van der Waals surface area contributed by atoms with Gasteiger partial charge in [-0.15, -0.1) is 12.4 Å². The third-order valence-electron chi connectivity index (χ3n) is 2.39. The van der Waals surface area contributed by atoms with E-state index in [9.17, 15) is 4.79 Å². The maximum Gasteiger partial charge on any atom is 0.253 e. The first kappa shape index (κ1) is 17.7. The van der Waals surface area contributed by atoms with Crippen LogP contribution in [0.4, 0.5) is 5.69 Å². The standard InChI is InChI=1S/C13H20N2O3.ClH/c1-17-9-10-18-8-4-7-15-13(16)11-5-2-3-6-12(11)14;/h2-3,5-6H,4,7-10,14H2,1H3,(H,15,16);1H. The summed E-state index contributed by atoms with van der Waals surface area (Å²) in [6, 6.07) is 7.01. The van der Waals surface area contributed by atoms with Crippen LogP contribution in [-0.4, -0.2) is 39.4 Å². The molecule has 0 radical (unpaired) electrons. The molecule has 0 aliphatic heterocycles. The number of hydrogen-bond acceptors (Lipinski definition) is 4. The average molecular weight is 289 g/mol. The molecule has 0 unspecified atom stereocenters.